The van der Waals surface area contributed by atoms with Gasteiger partial charge in [0.25, 0.3) is 5.91 Å². The molecule has 0 saturated carbocycles. The van der Waals surface area contributed by atoms with E-state index >= 15 is 0 Å². The number of rotatable bonds is 5. The molecule has 0 fully saturated rings. The molecule has 0 spiro atoms. The van der Waals surface area contributed by atoms with Crippen LogP contribution in [0, 0.1) is 0 Å². The fraction of sp³-hybridized carbons (Fsp3) is 0.318. The van der Waals surface area contributed by atoms with Gasteiger partial charge in [0.2, 0.25) is 0 Å². The fourth-order valence-electron chi connectivity index (χ4n) is 3.72. The zero-order valence-corrected chi connectivity index (χ0v) is 17.9. The minimum Gasteiger partial charge on any atom is -0.363 e. The van der Waals surface area contributed by atoms with Gasteiger partial charge in [0.15, 0.2) is 6.04 Å². The maximum Gasteiger partial charge on any atom is 0.410 e. The number of alkyl halides is 3. The van der Waals surface area contributed by atoms with E-state index in [1.807, 2.05) is 31.2 Å². The molecule has 1 aliphatic rings. The molecule has 1 amide bonds. The van der Waals surface area contributed by atoms with Gasteiger partial charge in [-0.1, -0.05) is 48.9 Å². The van der Waals surface area contributed by atoms with Crippen molar-refractivity contribution in [3.8, 4) is 0 Å². The standard InChI is InChI=1S/C22H21ClF3N5O/c1-2-13-3-6-15(7-4-13)17-9-18(22(24,25)26)31-20(30-17)16(12-29-31)21(32)28-11-14-5-8-19(23)27-10-14/h3-8,10,12,17-18,30H,2,9,11H2,1H3,(H,28,32)/t17-,18+/m1/s1. The molecule has 0 unspecified atom stereocenters. The third-order valence-corrected chi connectivity index (χ3v) is 5.74. The first-order valence-electron chi connectivity index (χ1n) is 10.1. The minimum absolute atomic E-state index is 0.0508. The number of pyridine rings is 1. The highest BCUT2D eigenvalue weighted by atomic mass is 35.5. The Bertz CT molecular complexity index is 1100. The second-order valence-corrected chi connectivity index (χ2v) is 8.00. The molecule has 2 N–H and O–H groups in total. The summed E-state index contributed by atoms with van der Waals surface area (Å²) >= 11 is 5.76. The number of carbonyl (C=O) groups excluding carboxylic acids is 1. The highest BCUT2D eigenvalue weighted by molar-refractivity contribution is 6.29. The summed E-state index contributed by atoms with van der Waals surface area (Å²) in [4.78, 5) is 16.7. The largest absolute Gasteiger partial charge is 0.410 e. The van der Waals surface area contributed by atoms with Crippen LogP contribution in [-0.4, -0.2) is 26.8 Å². The molecule has 6 nitrogen and oxygen atoms in total. The Hall–Kier alpha value is -3.07. The zero-order chi connectivity index (χ0) is 22.9. The van der Waals surface area contributed by atoms with Gasteiger partial charge in [-0.05, 0) is 29.2 Å². The van der Waals surface area contributed by atoms with Crippen LogP contribution in [0.15, 0.2) is 48.8 Å². The first-order valence-corrected chi connectivity index (χ1v) is 10.5. The van der Waals surface area contributed by atoms with E-state index in [0.29, 0.717) is 10.7 Å². The van der Waals surface area contributed by atoms with E-state index in [2.05, 4.69) is 20.7 Å². The molecule has 0 bridgehead atoms. The number of halogens is 4. The summed E-state index contributed by atoms with van der Waals surface area (Å²) < 4.78 is 42.4. The van der Waals surface area contributed by atoms with Crippen molar-refractivity contribution in [2.45, 2.75) is 44.6 Å². The number of benzene rings is 1. The van der Waals surface area contributed by atoms with Crippen LogP contribution in [0.3, 0.4) is 0 Å². The van der Waals surface area contributed by atoms with Gasteiger partial charge in [0, 0.05) is 19.2 Å². The maximum atomic E-state index is 13.8. The highest BCUT2D eigenvalue weighted by Crippen LogP contribution is 2.44. The smallest absolute Gasteiger partial charge is 0.363 e. The van der Waals surface area contributed by atoms with E-state index in [1.165, 1.54) is 12.4 Å². The monoisotopic (exact) mass is 463 g/mol. The molecule has 3 aromatic rings. The summed E-state index contributed by atoms with van der Waals surface area (Å²) in [5.74, 6) is -0.480. The lowest BCUT2D eigenvalue weighted by Gasteiger charge is -2.34. The molecule has 4 rings (SSSR count). The first kappa shape index (κ1) is 22.1. The van der Waals surface area contributed by atoms with E-state index < -0.39 is 24.2 Å². The number of anilines is 1. The number of hydrogen-bond donors (Lipinski definition) is 2. The first-order chi connectivity index (χ1) is 15.3. The summed E-state index contributed by atoms with van der Waals surface area (Å²) in [5.41, 5.74) is 2.58. The average Bonchev–Trinajstić information content (AvgIpc) is 3.21. The molecule has 1 aliphatic heterocycles. The topological polar surface area (TPSA) is 71.8 Å². The molecule has 10 heteroatoms. The lowest BCUT2D eigenvalue weighted by atomic mass is 9.95. The van der Waals surface area contributed by atoms with Crippen molar-refractivity contribution in [3.05, 3.63) is 76.2 Å². The van der Waals surface area contributed by atoms with Crippen LogP contribution in [0.4, 0.5) is 19.0 Å². The number of fused-ring (bicyclic) bond motifs is 1. The number of nitrogens with one attached hydrogen (secondary N) is 2. The van der Waals surface area contributed by atoms with Crippen LogP contribution in [-0.2, 0) is 13.0 Å². The Morgan fingerprint density at radius 1 is 1.19 bits per heavy atom. The Kier molecular flexibility index (Phi) is 6.10. The number of nitrogens with zero attached hydrogens (tertiary/aromatic N) is 3. The highest BCUT2D eigenvalue weighted by Gasteiger charge is 2.47. The third kappa shape index (κ3) is 4.57. The molecular formula is C22H21ClF3N5O. The van der Waals surface area contributed by atoms with Gasteiger partial charge in [0.05, 0.1) is 12.2 Å². The van der Waals surface area contributed by atoms with Crippen molar-refractivity contribution in [1.82, 2.24) is 20.1 Å². The predicted molar refractivity (Wildman–Crippen MR) is 115 cm³/mol. The summed E-state index contributed by atoms with van der Waals surface area (Å²) in [7, 11) is 0. The fourth-order valence-corrected chi connectivity index (χ4v) is 3.83. The number of hydrogen-bond acceptors (Lipinski definition) is 4. The van der Waals surface area contributed by atoms with Crippen molar-refractivity contribution in [2.24, 2.45) is 0 Å². The van der Waals surface area contributed by atoms with E-state index in [4.69, 9.17) is 11.6 Å². The molecule has 168 valence electrons. The second kappa shape index (κ2) is 8.82. The lowest BCUT2D eigenvalue weighted by Crippen LogP contribution is -2.36. The molecule has 0 saturated heterocycles. The molecule has 2 atom stereocenters. The van der Waals surface area contributed by atoms with E-state index in [-0.39, 0.29) is 24.3 Å². The van der Waals surface area contributed by atoms with Crippen LogP contribution in [0.1, 0.15) is 52.5 Å². The summed E-state index contributed by atoms with van der Waals surface area (Å²) in [6.07, 6.45) is -1.21. The molecule has 2 aromatic heterocycles. The van der Waals surface area contributed by atoms with E-state index in [9.17, 15) is 18.0 Å². The zero-order valence-electron chi connectivity index (χ0n) is 17.2. The summed E-state index contributed by atoms with van der Waals surface area (Å²) in [6, 6.07) is 8.30. The average molecular weight is 464 g/mol. The van der Waals surface area contributed by atoms with Gasteiger partial charge in [-0.25, -0.2) is 9.67 Å². The quantitative estimate of drug-likeness (QED) is 0.517. The van der Waals surface area contributed by atoms with Gasteiger partial charge >= 0.3 is 6.18 Å². The van der Waals surface area contributed by atoms with E-state index in [0.717, 1.165) is 22.2 Å². The Morgan fingerprint density at radius 3 is 2.53 bits per heavy atom. The number of carbonyl (C=O) groups is 1. The second-order valence-electron chi connectivity index (χ2n) is 7.61. The van der Waals surface area contributed by atoms with Crippen molar-refractivity contribution >= 4 is 23.3 Å². The molecule has 1 aromatic carbocycles. The Morgan fingerprint density at radius 2 is 1.91 bits per heavy atom. The number of amides is 1. The number of aryl methyl sites for hydroxylation is 1. The molecule has 0 aliphatic carbocycles. The van der Waals surface area contributed by atoms with Crippen LogP contribution in [0.25, 0.3) is 0 Å². The van der Waals surface area contributed by atoms with Crippen molar-refractivity contribution in [2.75, 3.05) is 5.32 Å². The van der Waals surface area contributed by atoms with Crippen molar-refractivity contribution in [3.63, 3.8) is 0 Å². The van der Waals surface area contributed by atoms with Crippen LogP contribution >= 0.6 is 11.6 Å². The van der Waals surface area contributed by atoms with Gasteiger partial charge in [-0.3, -0.25) is 4.79 Å². The van der Waals surface area contributed by atoms with Crippen molar-refractivity contribution in [1.29, 1.82) is 0 Å². The minimum atomic E-state index is -4.51. The number of aromatic nitrogens is 3. The third-order valence-electron chi connectivity index (χ3n) is 5.52. The Balaban J connectivity index is 1.60. The van der Waals surface area contributed by atoms with E-state index in [1.54, 1.807) is 12.1 Å². The van der Waals surface area contributed by atoms with Crippen LogP contribution < -0.4 is 10.6 Å². The van der Waals surface area contributed by atoms with Crippen molar-refractivity contribution < 1.29 is 18.0 Å². The summed E-state index contributed by atoms with van der Waals surface area (Å²) in [5, 5.41) is 10.0. The van der Waals surface area contributed by atoms with Crippen LogP contribution in [0.2, 0.25) is 5.15 Å². The molecule has 0 radical (unpaired) electrons. The van der Waals surface area contributed by atoms with Gasteiger partial charge in [0.1, 0.15) is 16.5 Å². The normalized spacial score (nSPS) is 18.0. The molecule has 32 heavy (non-hydrogen) atoms. The molecular weight excluding hydrogens is 443 g/mol. The predicted octanol–water partition coefficient (Wildman–Crippen LogP) is 5.08. The molecule has 3 heterocycles. The van der Waals surface area contributed by atoms with Crippen LogP contribution in [0.5, 0.6) is 0 Å². The lowest BCUT2D eigenvalue weighted by molar-refractivity contribution is -0.173. The SMILES string of the molecule is CCc1ccc([C@H]2C[C@@H](C(F)(F)F)n3ncc(C(=O)NCc4ccc(Cl)nc4)c3N2)cc1. The maximum absolute atomic E-state index is 13.8. The van der Waals surface area contributed by atoms with Gasteiger partial charge in [-0.2, -0.15) is 18.3 Å². The Labute approximate surface area is 187 Å². The summed E-state index contributed by atoms with van der Waals surface area (Å²) in [6.45, 7) is 2.16. The van der Waals surface area contributed by atoms with Gasteiger partial charge in [-0.15, -0.1) is 0 Å². The van der Waals surface area contributed by atoms with Gasteiger partial charge < -0.3 is 10.6 Å².